The van der Waals surface area contributed by atoms with Crippen molar-refractivity contribution in [2.24, 2.45) is 0 Å². The molecule has 1 heterocycles. The minimum absolute atomic E-state index is 0.259. The number of aryl methyl sites for hydroxylation is 1. The lowest BCUT2D eigenvalue weighted by Crippen LogP contribution is -2.18. The van der Waals surface area contributed by atoms with Crippen LogP contribution >= 0.6 is 0 Å². The van der Waals surface area contributed by atoms with Gasteiger partial charge >= 0.3 is 0 Å². The van der Waals surface area contributed by atoms with Gasteiger partial charge in [-0.2, -0.15) is 0 Å². The summed E-state index contributed by atoms with van der Waals surface area (Å²) in [6.07, 6.45) is 2.73. The zero-order valence-corrected chi connectivity index (χ0v) is 11.1. The lowest BCUT2D eigenvalue weighted by molar-refractivity contribution is 0.414. The first-order valence-electron chi connectivity index (χ1n) is 6.08. The molecule has 3 nitrogen and oxygen atoms in total. The minimum Gasteiger partial charge on any atom is -0.497 e. The van der Waals surface area contributed by atoms with Gasteiger partial charge in [-0.25, -0.2) is 0 Å². The van der Waals surface area contributed by atoms with Crippen molar-refractivity contribution in [3.05, 3.63) is 53.5 Å². The van der Waals surface area contributed by atoms with E-state index >= 15 is 0 Å². The summed E-state index contributed by atoms with van der Waals surface area (Å²) in [6.45, 7) is 1.96. The van der Waals surface area contributed by atoms with Crippen LogP contribution in [0.1, 0.15) is 22.9 Å². The van der Waals surface area contributed by atoms with E-state index in [2.05, 4.69) is 23.5 Å². The van der Waals surface area contributed by atoms with Crippen molar-refractivity contribution in [3.63, 3.8) is 0 Å². The summed E-state index contributed by atoms with van der Waals surface area (Å²) >= 11 is 0. The number of rotatable bonds is 5. The highest BCUT2D eigenvalue weighted by atomic mass is 16.5. The fraction of sp³-hybridized carbons (Fsp3) is 0.333. The lowest BCUT2D eigenvalue weighted by atomic mass is 10.0. The Balaban J connectivity index is 2.14. The fourth-order valence-corrected chi connectivity index (χ4v) is 2.07. The summed E-state index contributed by atoms with van der Waals surface area (Å²) in [5.74, 6) is 1.83. The first-order valence-corrected chi connectivity index (χ1v) is 6.08. The maximum atomic E-state index is 5.37. The molecule has 0 aliphatic carbocycles. The normalized spacial score (nSPS) is 12.4. The highest BCUT2D eigenvalue weighted by Gasteiger charge is 2.12. The second-order valence-corrected chi connectivity index (χ2v) is 4.39. The first kappa shape index (κ1) is 12.7. The molecule has 3 heteroatoms. The zero-order chi connectivity index (χ0) is 13.0. The summed E-state index contributed by atoms with van der Waals surface area (Å²) < 4.78 is 10.6. The first-order chi connectivity index (χ1) is 8.72. The second-order valence-electron chi connectivity index (χ2n) is 4.39. The van der Waals surface area contributed by atoms with Gasteiger partial charge in [-0.05, 0) is 44.2 Å². The van der Waals surface area contributed by atoms with Crippen molar-refractivity contribution in [2.45, 2.75) is 19.4 Å². The number of benzene rings is 1. The van der Waals surface area contributed by atoms with Gasteiger partial charge in [-0.3, -0.25) is 0 Å². The third-order valence-electron chi connectivity index (χ3n) is 3.08. The van der Waals surface area contributed by atoms with Crippen LogP contribution in [-0.4, -0.2) is 14.2 Å². The van der Waals surface area contributed by atoms with Gasteiger partial charge in [0.05, 0.1) is 13.4 Å². The van der Waals surface area contributed by atoms with Crippen molar-refractivity contribution in [3.8, 4) is 5.75 Å². The van der Waals surface area contributed by atoms with Crippen LogP contribution in [0.4, 0.5) is 0 Å². The molecule has 0 saturated heterocycles. The van der Waals surface area contributed by atoms with Gasteiger partial charge in [0.1, 0.15) is 11.5 Å². The van der Waals surface area contributed by atoms with Crippen molar-refractivity contribution in [1.29, 1.82) is 0 Å². The van der Waals surface area contributed by atoms with Crippen LogP contribution in [0.25, 0.3) is 0 Å². The maximum absolute atomic E-state index is 5.37. The average molecular weight is 245 g/mol. The predicted octanol–water partition coefficient (Wildman–Crippen LogP) is 3.10. The van der Waals surface area contributed by atoms with Crippen LogP contribution < -0.4 is 10.1 Å². The Bertz CT molecular complexity index is 505. The molecule has 2 rings (SSSR count). The van der Waals surface area contributed by atoms with E-state index in [0.717, 1.165) is 17.9 Å². The van der Waals surface area contributed by atoms with Crippen LogP contribution in [0, 0.1) is 6.92 Å². The highest BCUT2D eigenvalue weighted by Crippen LogP contribution is 2.22. The van der Waals surface area contributed by atoms with E-state index < -0.39 is 0 Å². The molecule has 0 aliphatic heterocycles. The SMILES string of the molecule is CNC(Cc1cccc(OC)c1)c1coc(C)c1. The predicted molar refractivity (Wildman–Crippen MR) is 71.9 cm³/mol. The molecule has 0 aliphatic rings. The molecule has 1 aromatic heterocycles. The molecule has 96 valence electrons. The number of hydrogen-bond donors (Lipinski definition) is 1. The molecule has 1 atom stereocenters. The Morgan fingerprint density at radius 3 is 2.78 bits per heavy atom. The van der Waals surface area contributed by atoms with Crippen LogP contribution in [0.15, 0.2) is 41.0 Å². The van der Waals surface area contributed by atoms with Gasteiger partial charge in [0, 0.05) is 11.6 Å². The second kappa shape index (κ2) is 5.74. The number of likely N-dealkylation sites (N-methyl/N-ethyl adjacent to an activating group) is 1. The van der Waals surface area contributed by atoms with E-state index in [0.29, 0.717) is 0 Å². The lowest BCUT2D eigenvalue weighted by Gasteiger charge is -2.14. The van der Waals surface area contributed by atoms with E-state index in [1.807, 2.05) is 32.4 Å². The highest BCUT2D eigenvalue weighted by molar-refractivity contribution is 5.30. The van der Waals surface area contributed by atoms with E-state index in [1.165, 1.54) is 11.1 Å². The Morgan fingerprint density at radius 1 is 1.33 bits per heavy atom. The summed E-state index contributed by atoms with van der Waals surface area (Å²) in [4.78, 5) is 0. The number of nitrogens with one attached hydrogen (secondary N) is 1. The Labute approximate surface area is 108 Å². The monoisotopic (exact) mass is 245 g/mol. The molecule has 1 unspecified atom stereocenters. The van der Waals surface area contributed by atoms with Crippen molar-refractivity contribution in [2.75, 3.05) is 14.2 Å². The topological polar surface area (TPSA) is 34.4 Å². The van der Waals surface area contributed by atoms with E-state index in [9.17, 15) is 0 Å². The Morgan fingerprint density at radius 2 is 2.17 bits per heavy atom. The summed E-state index contributed by atoms with van der Waals surface area (Å²) in [5.41, 5.74) is 2.42. The van der Waals surface area contributed by atoms with E-state index in [4.69, 9.17) is 9.15 Å². The molecule has 1 aromatic carbocycles. The zero-order valence-electron chi connectivity index (χ0n) is 11.1. The van der Waals surface area contributed by atoms with E-state index in [1.54, 1.807) is 7.11 Å². The molecule has 1 N–H and O–H groups in total. The summed E-state index contributed by atoms with van der Waals surface area (Å²) in [7, 11) is 3.65. The Hall–Kier alpha value is -1.74. The van der Waals surface area contributed by atoms with Gasteiger partial charge in [0.2, 0.25) is 0 Å². The molecule has 0 fully saturated rings. The number of ether oxygens (including phenoxy) is 1. The van der Waals surface area contributed by atoms with Gasteiger partial charge in [0.25, 0.3) is 0 Å². The molecule has 0 radical (unpaired) electrons. The van der Waals surface area contributed by atoms with Gasteiger partial charge in [-0.15, -0.1) is 0 Å². The average Bonchev–Trinajstić information content (AvgIpc) is 2.82. The van der Waals surface area contributed by atoms with Gasteiger partial charge in [-0.1, -0.05) is 12.1 Å². The molecular formula is C15H19NO2. The standard InChI is InChI=1S/C15H19NO2/c1-11-7-13(10-18-11)15(16-2)9-12-5-4-6-14(8-12)17-3/h4-8,10,15-16H,9H2,1-3H3. The van der Waals surface area contributed by atoms with E-state index in [-0.39, 0.29) is 6.04 Å². The maximum Gasteiger partial charge on any atom is 0.119 e. The third kappa shape index (κ3) is 2.93. The minimum atomic E-state index is 0.259. The van der Waals surface area contributed by atoms with Crippen molar-refractivity contribution in [1.82, 2.24) is 5.32 Å². The number of methoxy groups -OCH3 is 1. The molecule has 0 saturated carbocycles. The number of furan rings is 1. The van der Waals surface area contributed by atoms with Crippen molar-refractivity contribution < 1.29 is 9.15 Å². The fourth-order valence-electron chi connectivity index (χ4n) is 2.07. The third-order valence-corrected chi connectivity index (χ3v) is 3.08. The quantitative estimate of drug-likeness (QED) is 0.879. The largest absolute Gasteiger partial charge is 0.497 e. The molecule has 0 bridgehead atoms. The molecule has 18 heavy (non-hydrogen) atoms. The smallest absolute Gasteiger partial charge is 0.119 e. The van der Waals surface area contributed by atoms with Crippen LogP contribution in [-0.2, 0) is 6.42 Å². The van der Waals surface area contributed by atoms with Gasteiger partial charge in [0.15, 0.2) is 0 Å². The van der Waals surface area contributed by atoms with Crippen LogP contribution in [0.5, 0.6) is 5.75 Å². The van der Waals surface area contributed by atoms with Gasteiger partial charge < -0.3 is 14.5 Å². The molecular weight excluding hydrogens is 226 g/mol. The molecule has 2 aromatic rings. The summed E-state index contributed by atoms with van der Waals surface area (Å²) in [6, 6.07) is 10.5. The van der Waals surface area contributed by atoms with Crippen molar-refractivity contribution >= 4 is 0 Å². The van der Waals surface area contributed by atoms with Crippen LogP contribution in [0.2, 0.25) is 0 Å². The van der Waals surface area contributed by atoms with Crippen LogP contribution in [0.3, 0.4) is 0 Å². The summed E-state index contributed by atoms with van der Waals surface area (Å²) in [5, 5.41) is 3.32. The number of hydrogen-bond acceptors (Lipinski definition) is 3. The molecule has 0 amide bonds. The molecule has 0 spiro atoms. The Kier molecular flexibility index (Phi) is 4.05.